The van der Waals surface area contributed by atoms with Crippen LogP contribution in [0.4, 0.5) is 0 Å². The van der Waals surface area contributed by atoms with Gasteiger partial charge in [0.25, 0.3) is 0 Å². The molecule has 0 radical (unpaired) electrons. The maximum Gasteiger partial charge on any atom is 0.139 e. The molecule has 5 heteroatoms. The number of hydrogen-bond acceptors (Lipinski definition) is 2. The fourth-order valence-corrected chi connectivity index (χ4v) is 2.90. The maximum atomic E-state index is 6.11. The van der Waals surface area contributed by atoms with E-state index in [2.05, 4.69) is 19.2 Å². The molecule has 1 aromatic carbocycles. The summed E-state index contributed by atoms with van der Waals surface area (Å²) in [6.07, 6.45) is 1.09. The van der Waals surface area contributed by atoms with Crippen LogP contribution in [0.2, 0.25) is 15.1 Å². The predicted octanol–water partition coefficient (Wildman–Crippen LogP) is 4.41. The fourth-order valence-electron chi connectivity index (χ4n) is 2.32. The molecule has 0 heterocycles. The highest BCUT2D eigenvalue weighted by Crippen LogP contribution is 2.44. The van der Waals surface area contributed by atoms with Crippen LogP contribution < -0.4 is 10.1 Å². The molecule has 2 unspecified atom stereocenters. The van der Waals surface area contributed by atoms with Crippen LogP contribution >= 0.6 is 34.8 Å². The van der Waals surface area contributed by atoms with Gasteiger partial charge in [0.05, 0.1) is 15.1 Å². The van der Waals surface area contributed by atoms with Crippen molar-refractivity contribution < 1.29 is 4.74 Å². The molecule has 2 nitrogen and oxygen atoms in total. The minimum absolute atomic E-state index is 0.0736. The van der Waals surface area contributed by atoms with Crippen molar-refractivity contribution in [3.63, 3.8) is 0 Å². The van der Waals surface area contributed by atoms with Gasteiger partial charge in [-0.3, -0.25) is 0 Å². The van der Waals surface area contributed by atoms with E-state index in [1.165, 1.54) is 0 Å². The number of hydrogen-bond donors (Lipinski definition) is 1. The highest BCUT2D eigenvalue weighted by molar-refractivity contribution is 6.43. The first-order valence-corrected chi connectivity index (χ1v) is 6.98. The second kappa shape index (κ2) is 5.09. The van der Waals surface area contributed by atoms with E-state index in [0.717, 1.165) is 6.42 Å². The molecule has 18 heavy (non-hydrogen) atoms. The first-order chi connectivity index (χ1) is 8.36. The molecule has 1 aliphatic rings. The van der Waals surface area contributed by atoms with Crippen molar-refractivity contribution in [2.24, 2.45) is 5.41 Å². The first kappa shape index (κ1) is 14.3. The molecular weight excluding hydrogens is 293 g/mol. The molecule has 0 aromatic heterocycles. The van der Waals surface area contributed by atoms with Gasteiger partial charge >= 0.3 is 0 Å². The summed E-state index contributed by atoms with van der Waals surface area (Å²) in [5, 5.41) is 4.67. The van der Waals surface area contributed by atoms with Crippen LogP contribution in [-0.2, 0) is 0 Å². The number of halogens is 3. The molecule has 2 atom stereocenters. The molecule has 0 aliphatic heterocycles. The Bertz CT molecular complexity index is 462. The van der Waals surface area contributed by atoms with Crippen molar-refractivity contribution in [2.75, 3.05) is 7.05 Å². The van der Waals surface area contributed by atoms with Gasteiger partial charge in [-0.25, -0.2) is 0 Å². The smallest absolute Gasteiger partial charge is 0.139 e. The molecule has 0 amide bonds. The van der Waals surface area contributed by atoms with Crippen LogP contribution in [0, 0.1) is 5.41 Å². The van der Waals surface area contributed by atoms with E-state index in [1.54, 1.807) is 12.1 Å². The minimum atomic E-state index is 0.0736. The highest BCUT2D eigenvalue weighted by atomic mass is 35.5. The Labute approximate surface area is 123 Å². The van der Waals surface area contributed by atoms with Crippen LogP contribution in [0.1, 0.15) is 20.3 Å². The van der Waals surface area contributed by atoms with Gasteiger partial charge in [-0.05, 0) is 13.1 Å². The summed E-state index contributed by atoms with van der Waals surface area (Å²) in [5.41, 5.74) is 0.0736. The number of rotatable bonds is 3. The third-order valence-corrected chi connectivity index (χ3v) is 4.79. The van der Waals surface area contributed by atoms with E-state index < -0.39 is 0 Å². The van der Waals surface area contributed by atoms with Crippen molar-refractivity contribution in [3.8, 4) is 5.75 Å². The number of ether oxygens (including phenoxy) is 1. The molecule has 1 aromatic rings. The van der Waals surface area contributed by atoms with E-state index in [0.29, 0.717) is 26.9 Å². The molecule has 0 spiro atoms. The summed E-state index contributed by atoms with van der Waals surface area (Å²) in [6, 6.07) is 3.75. The van der Waals surface area contributed by atoms with Crippen molar-refractivity contribution >= 4 is 34.8 Å². The van der Waals surface area contributed by atoms with Crippen molar-refractivity contribution in [1.29, 1.82) is 0 Å². The Morgan fingerprint density at radius 3 is 2.33 bits per heavy atom. The topological polar surface area (TPSA) is 21.3 Å². The van der Waals surface area contributed by atoms with Crippen LogP contribution in [0.5, 0.6) is 5.75 Å². The van der Waals surface area contributed by atoms with Gasteiger partial charge in [-0.15, -0.1) is 0 Å². The van der Waals surface area contributed by atoms with E-state index in [9.17, 15) is 0 Å². The van der Waals surface area contributed by atoms with E-state index in [1.807, 2.05) is 7.05 Å². The molecule has 1 fully saturated rings. The first-order valence-electron chi connectivity index (χ1n) is 5.84. The lowest BCUT2D eigenvalue weighted by Crippen LogP contribution is -2.61. The van der Waals surface area contributed by atoms with Gasteiger partial charge in [-0.2, -0.15) is 0 Å². The Morgan fingerprint density at radius 1 is 1.17 bits per heavy atom. The molecule has 1 N–H and O–H groups in total. The zero-order valence-electron chi connectivity index (χ0n) is 10.6. The summed E-state index contributed by atoms with van der Waals surface area (Å²) in [4.78, 5) is 0. The van der Waals surface area contributed by atoms with Crippen LogP contribution in [0.3, 0.4) is 0 Å². The third-order valence-electron chi connectivity index (χ3n) is 3.77. The average molecular weight is 309 g/mol. The van der Waals surface area contributed by atoms with Crippen molar-refractivity contribution in [1.82, 2.24) is 5.32 Å². The quantitative estimate of drug-likeness (QED) is 0.835. The fraction of sp³-hybridized carbons (Fsp3) is 0.538. The number of benzene rings is 1. The summed E-state index contributed by atoms with van der Waals surface area (Å²) in [7, 11) is 1.97. The monoisotopic (exact) mass is 307 g/mol. The molecule has 1 aliphatic carbocycles. The Morgan fingerprint density at radius 2 is 1.78 bits per heavy atom. The van der Waals surface area contributed by atoms with Crippen LogP contribution in [0.25, 0.3) is 0 Å². The normalized spacial score (nSPS) is 25.7. The lowest BCUT2D eigenvalue weighted by molar-refractivity contribution is -0.0520. The molecule has 100 valence electrons. The summed E-state index contributed by atoms with van der Waals surface area (Å²) < 4.78 is 5.95. The lowest BCUT2D eigenvalue weighted by Gasteiger charge is -2.51. The predicted molar refractivity (Wildman–Crippen MR) is 77.1 cm³/mol. The molecule has 0 bridgehead atoms. The van der Waals surface area contributed by atoms with E-state index in [-0.39, 0.29) is 11.5 Å². The van der Waals surface area contributed by atoms with Gasteiger partial charge in [-0.1, -0.05) is 48.7 Å². The average Bonchev–Trinajstić information content (AvgIpc) is 2.30. The summed E-state index contributed by atoms with van der Waals surface area (Å²) >= 11 is 18.0. The van der Waals surface area contributed by atoms with Gasteiger partial charge in [0.1, 0.15) is 11.9 Å². The molecule has 0 saturated heterocycles. The zero-order chi connectivity index (χ0) is 13.5. The SMILES string of the molecule is CNC1CC(Oc2cc(Cl)c(Cl)cc2Cl)C1(C)C. The summed E-state index contributed by atoms with van der Waals surface area (Å²) in [5.74, 6) is 0.596. The van der Waals surface area contributed by atoms with Gasteiger partial charge in [0.2, 0.25) is 0 Å². The van der Waals surface area contributed by atoms with Crippen LogP contribution in [0.15, 0.2) is 12.1 Å². The second-order valence-electron chi connectivity index (χ2n) is 5.20. The standard InChI is InChI=1S/C13H16Cl3NO/c1-13(2)11(17-3)6-12(13)18-10-5-8(15)7(14)4-9(10)16/h4-5,11-12,17H,6H2,1-3H3. The summed E-state index contributed by atoms with van der Waals surface area (Å²) in [6.45, 7) is 4.35. The molecular formula is C13H16Cl3NO. The Kier molecular flexibility index (Phi) is 4.03. The Balaban J connectivity index is 2.14. The zero-order valence-corrected chi connectivity index (χ0v) is 12.8. The highest BCUT2D eigenvalue weighted by Gasteiger charge is 2.49. The Hall–Kier alpha value is -0.150. The second-order valence-corrected chi connectivity index (χ2v) is 6.42. The van der Waals surface area contributed by atoms with E-state index >= 15 is 0 Å². The minimum Gasteiger partial charge on any atom is -0.488 e. The largest absolute Gasteiger partial charge is 0.488 e. The maximum absolute atomic E-state index is 6.11. The number of nitrogens with one attached hydrogen (secondary N) is 1. The van der Waals surface area contributed by atoms with Gasteiger partial charge in [0, 0.05) is 23.9 Å². The van der Waals surface area contributed by atoms with E-state index in [4.69, 9.17) is 39.5 Å². The van der Waals surface area contributed by atoms with Gasteiger partial charge < -0.3 is 10.1 Å². The lowest BCUT2D eigenvalue weighted by atomic mass is 9.64. The molecule has 2 rings (SSSR count). The van der Waals surface area contributed by atoms with Crippen molar-refractivity contribution in [3.05, 3.63) is 27.2 Å². The third kappa shape index (κ3) is 2.44. The van der Waals surface area contributed by atoms with Gasteiger partial charge in [0.15, 0.2) is 0 Å². The van der Waals surface area contributed by atoms with Crippen molar-refractivity contribution in [2.45, 2.75) is 32.4 Å². The molecule has 1 saturated carbocycles. The van der Waals surface area contributed by atoms with Crippen LogP contribution in [-0.4, -0.2) is 19.2 Å².